The van der Waals surface area contributed by atoms with Gasteiger partial charge in [-0.25, -0.2) is 0 Å². The van der Waals surface area contributed by atoms with E-state index in [0.29, 0.717) is 33.9 Å². The molecule has 0 radical (unpaired) electrons. The van der Waals surface area contributed by atoms with E-state index < -0.39 is 11.5 Å². The number of nitrogens with zero attached hydrogens (tertiary/aromatic N) is 1. The standard InChI is InChI=1S/C18H18N2O5S/c1-4-20-12-7-8-26-16(12)15(21)14(18(20)23)17(22)19-11-6-5-10(24-2)9-13(11)25-3/h5-9,21H,4H2,1-3H3,(H,19,22). The first kappa shape index (κ1) is 17.8. The van der Waals surface area contributed by atoms with Gasteiger partial charge in [-0.05, 0) is 30.5 Å². The molecule has 2 aromatic heterocycles. The maximum absolute atomic E-state index is 12.7. The lowest BCUT2D eigenvalue weighted by Gasteiger charge is -2.13. The van der Waals surface area contributed by atoms with Crippen molar-refractivity contribution in [2.75, 3.05) is 19.5 Å². The Kier molecular flexibility index (Phi) is 4.85. The van der Waals surface area contributed by atoms with Crippen molar-refractivity contribution in [3.8, 4) is 17.2 Å². The average molecular weight is 374 g/mol. The minimum atomic E-state index is -0.700. The van der Waals surface area contributed by atoms with Crippen LogP contribution in [0.1, 0.15) is 17.3 Å². The quantitative estimate of drug-likeness (QED) is 0.716. The number of carbonyl (C=O) groups is 1. The van der Waals surface area contributed by atoms with Crippen LogP contribution in [0.3, 0.4) is 0 Å². The molecule has 3 aromatic rings. The molecule has 136 valence electrons. The van der Waals surface area contributed by atoms with Gasteiger partial charge in [0.2, 0.25) is 0 Å². The fourth-order valence-electron chi connectivity index (χ4n) is 2.76. The molecule has 0 aliphatic heterocycles. The molecule has 7 nitrogen and oxygen atoms in total. The zero-order valence-corrected chi connectivity index (χ0v) is 15.3. The summed E-state index contributed by atoms with van der Waals surface area (Å²) in [6.45, 7) is 2.20. The molecule has 0 aliphatic rings. The van der Waals surface area contributed by atoms with Gasteiger partial charge in [-0.2, -0.15) is 0 Å². The number of carbonyl (C=O) groups excluding carboxylic acids is 1. The average Bonchev–Trinajstić information content (AvgIpc) is 3.12. The summed E-state index contributed by atoms with van der Waals surface area (Å²) in [7, 11) is 2.98. The number of benzene rings is 1. The monoisotopic (exact) mass is 374 g/mol. The predicted octanol–water partition coefficient (Wildman–Crippen LogP) is 3.06. The van der Waals surface area contributed by atoms with Crippen LogP contribution in [0.15, 0.2) is 34.4 Å². The van der Waals surface area contributed by atoms with Crippen LogP contribution < -0.4 is 20.3 Å². The van der Waals surface area contributed by atoms with Gasteiger partial charge in [0.05, 0.1) is 30.1 Å². The summed E-state index contributed by atoms with van der Waals surface area (Å²) < 4.78 is 12.3. The van der Waals surface area contributed by atoms with Crippen molar-refractivity contribution in [1.82, 2.24) is 4.57 Å². The van der Waals surface area contributed by atoms with E-state index >= 15 is 0 Å². The second-order valence-corrected chi connectivity index (χ2v) is 6.34. The number of hydrogen-bond donors (Lipinski definition) is 2. The first-order valence-electron chi connectivity index (χ1n) is 7.88. The fourth-order valence-corrected chi connectivity index (χ4v) is 3.60. The topological polar surface area (TPSA) is 89.8 Å². The van der Waals surface area contributed by atoms with E-state index in [-0.39, 0.29) is 11.3 Å². The fraction of sp³-hybridized carbons (Fsp3) is 0.222. The number of hydrogen-bond acceptors (Lipinski definition) is 6. The zero-order valence-electron chi connectivity index (χ0n) is 14.5. The summed E-state index contributed by atoms with van der Waals surface area (Å²) in [4.78, 5) is 25.5. The van der Waals surface area contributed by atoms with Crippen molar-refractivity contribution in [2.45, 2.75) is 13.5 Å². The minimum absolute atomic E-state index is 0.292. The van der Waals surface area contributed by atoms with Crippen molar-refractivity contribution in [3.63, 3.8) is 0 Å². The number of ether oxygens (including phenoxy) is 2. The normalized spacial score (nSPS) is 10.7. The molecule has 2 N–H and O–H groups in total. The molecule has 8 heteroatoms. The van der Waals surface area contributed by atoms with E-state index in [1.54, 1.807) is 29.6 Å². The summed E-state index contributed by atoms with van der Waals surface area (Å²) in [5.74, 6) is -0.0654. The number of amides is 1. The van der Waals surface area contributed by atoms with E-state index in [1.807, 2.05) is 6.92 Å². The molecular weight excluding hydrogens is 356 g/mol. The smallest absolute Gasteiger partial charge is 0.267 e. The zero-order chi connectivity index (χ0) is 18.8. The summed E-state index contributed by atoms with van der Waals surface area (Å²) in [6.07, 6.45) is 0. The molecule has 0 atom stereocenters. The summed E-state index contributed by atoms with van der Waals surface area (Å²) >= 11 is 1.27. The Morgan fingerprint density at radius 1 is 1.27 bits per heavy atom. The number of aromatic nitrogens is 1. The lowest BCUT2D eigenvalue weighted by Crippen LogP contribution is -2.29. The Morgan fingerprint density at radius 2 is 2.04 bits per heavy atom. The number of thiophene rings is 1. The van der Waals surface area contributed by atoms with Gasteiger partial charge in [-0.3, -0.25) is 9.59 Å². The van der Waals surface area contributed by atoms with Crippen molar-refractivity contribution in [3.05, 3.63) is 45.6 Å². The number of methoxy groups -OCH3 is 2. The molecule has 2 heterocycles. The Balaban J connectivity index is 2.08. The van der Waals surface area contributed by atoms with Gasteiger partial charge in [-0.1, -0.05) is 0 Å². The van der Waals surface area contributed by atoms with Gasteiger partial charge >= 0.3 is 0 Å². The molecule has 0 saturated carbocycles. The highest BCUT2D eigenvalue weighted by atomic mass is 32.1. The maximum atomic E-state index is 12.7. The number of nitrogens with one attached hydrogen (secondary N) is 1. The SMILES string of the molecule is CCn1c(=O)c(C(=O)Nc2ccc(OC)cc2OC)c(O)c2sccc21. The molecule has 0 aliphatic carbocycles. The van der Waals surface area contributed by atoms with Crippen LogP contribution in [0.5, 0.6) is 17.2 Å². The van der Waals surface area contributed by atoms with Gasteiger partial charge in [0.15, 0.2) is 5.75 Å². The van der Waals surface area contributed by atoms with Crippen LogP contribution in [0.25, 0.3) is 10.2 Å². The lowest BCUT2D eigenvalue weighted by molar-refractivity contribution is 0.102. The van der Waals surface area contributed by atoms with E-state index in [0.717, 1.165) is 0 Å². The van der Waals surface area contributed by atoms with Crippen LogP contribution in [0.2, 0.25) is 0 Å². The minimum Gasteiger partial charge on any atom is -0.505 e. The highest BCUT2D eigenvalue weighted by Crippen LogP contribution is 2.33. The van der Waals surface area contributed by atoms with Crippen molar-refractivity contribution < 1.29 is 19.4 Å². The maximum Gasteiger partial charge on any atom is 0.267 e. The third-order valence-corrected chi connectivity index (χ3v) is 4.96. The van der Waals surface area contributed by atoms with Crippen LogP contribution in [-0.4, -0.2) is 29.8 Å². The molecule has 0 saturated heterocycles. The van der Waals surface area contributed by atoms with E-state index in [4.69, 9.17) is 9.47 Å². The van der Waals surface area contributed by atoms with Crippen LogP contribution in [0, 0.1) is 0 Å². The van der Waals surface area contributed by atoms with Crippen molar-refractivity contribution in [2.24, 2.45) is 0 Å². The van der Waals surface area contributed by atoms with Crippen LogP contribution in [0.4, 0.5) is 5.69 Å². The van der Waals surface area contributed by atoms with Gasteiger partial charge in [0, 0.05) is 12.6 Å². The number of aromatic hydroxyl groups is 1. The van der Waals surface area contributed by atoms with Crippen molar-refractivity contribution >= 4 is 33.1 Å². The second kappa shape index (κ2) is 7.09. The van der Waals surface area contributed by atoms with E-state index in [2.05, 4.69) is 5.32 Å². The molecule has 0 fully saturated rings. The van der Waals surface area contributed by atoms with Gasteiger partial charge < -0.3 is 24.5 Å². The second-order valence-electron chi connectivity index (χ2n) is 5.43. The third-order valence-electron chi connectivity index (χ3n) is 4.05. The Morgan fingerprint density at radius 3 is 2.69 bits per heavy atom. The Hall–Kier alpha value is -3.00. The molecule has 0 bridgehead atoms. The highest BCUT2D eigenvalue weighted by molar-refractivity contribution is 7.17. The van der Waals surface area contributed by atoms with Gasteiger partial charge in [0.25, 0.3) is 11.5 Å². The first-order valence-corrected chi connectivity index (χ1v) is 8.76. The largest absolute Gasteiger partial charge is 0.505 e. The number of anilines is 1. The summed E-state index contributed by atoms with van der Waals surface area (Å²) in [5, 5.41) is 14.9. The predicted molar refractivity (Wildman–Crippen MR) is 101 cm³/mol. The van der Waals surface area contributed by atoms with Crippen LogP contribution >= 0.6 is 11.3 Å². The Labute approximate surface area is 153 Å². The summed E-state index contributed by atoms with van der Waals surface area (Å²) in [5.41, 5.74) is 0.144. The van der Waals surface area contributed by atoms with Crippen LogP contribution in [-0.2, 0) is 6.54 Å². The molecule has 0 spiro atoms. The molecule has 26 heavy (non-hydrogen) atoms. The van der Waals surface area contributed by atoms with Crippen molar-refractivity contribution in [1.29, 1.82) is 0 Å². The Bertz CT molecular complexity index is 1040. The number of aryl methyl sites for hydroxylation is 1. The number of fused-ring (bicyclic) bond motifs is 1. The molecule has 1 aromatic carbocycles. The van der Waals surface area contributed by atoms with Gasteiger partial charge in [-0.15, -0.1) is 11.3 Å². The van der Waals surface area contributed by atoms with E-state index in [1.165, 1.54) is 30.1 Å². The first-order chi connectivity index (χ1) is 12.5. The lowest BCUT2D eigenvalue weighted by atomic mass is 10.2. The van der Waals surface area contributed by atoms with Gasteiger partial charge in [0.1, 0.15) is 17.1 Å². The number of rotatable bonds is 5. The molecule has 3 rings (SSSR count). The molecule has 1 amide bonds. The highest BCUT2D eigenvalue weighted by Gasteiger charge is 2.23. The van der Waals surface area contributed by atoms with E-state index in [9.17, 15) is 14.7 Å². The third kappa shape index (κ3) is 2.88. The number of pyridine rings is 1. The summed E-state index contributed by atoms with van der Waals surface area (Å²) in [6, 6.07) is 6.63. The molecule has 0 unspecified atom stereocenters. The molecular formula is C18H18N2O5S.